The molecule has 0 atom stereocenters. The number of halogens is 3. The lowest BCUT2D eigenvalue weighted by Gasteiger charge is -2.13. The summed E-state index contributed by atoms with van der Waals surface area (Å²) in [7, 11) is 0. The lowest BCUT2D eigenvalue weighted by Crippen LogP contribution is -2.10. The monoisotopic (exact) mass is 285 g/mol. The standard InChI is InChI=1S/C14H14F3NS/c1-13(2,3)12-18-11(8-19-12)9-5-4-6-10(7-9)14(15,16)17/h4-8H,1-3H3. The molecule has 19 heavy (non-hydrogen) atoms. The Morgan fingerprint density at radius 3 is 2.32 bits per heavy atom. The molecule has 0 aliphatic carbocycles. The second-order valence-electron chi connectivity index (χ2n) is 5.37. The Bertz CT molecular complexity index is 579. The molecule has 0 saturated carbocycles. The summed E-state index contributed by atoms with van der Waals surface area (Å²) in [5.41, 5.74) is 0.364. The van der Waals surface area contributed by atoms with Crippen molar-refractivity contribution in [2.75, 3.05) is 0 Å². The third-order valence-electron chi connectivity index (χ3n) is 2.63. The van der Waals surface area contributed by atoms with Crippen LogP contribution in [0.4, 0.5) is 13.2 Å². The molecule has 1 aromatic carbocycles. The summed E-state index contributed by atoms with van der Waals surface area (Å²) in [6, 6.07) is 5.27. The Morgan fingerprint density at radius 2 is 1.79 bits per heavy atom. The molecule has 0 aliphatic rings. The van der Waals surface area contributed by atoms with Crippen LogP contribution in [-0.4, -0.2) is 4.98 Å². The highest BCUT2D eigenvalue weighted by molar-refractivity contribution is 7.10. The molecule has 0 aliphatic heterocycles. The van der Waals surface area contributed by atoms with E-state index in [2.05, 4.69) is 4.98 Å². The fourth-order valence-electron chi connectivity index (χ4n) is 1.61. The van der Waals surface area contributed by atoms with Crippen LogP contribution >= 0.6 is 11.3 Å². The van der Waals surface area contributed by atoms with E-state index in [1.165, 1.54) is 17.4 Å². The minimum absolute atomic E-state index is 0.0927. The Labute approximate surface area is 114 Å². The fraction of sp³-hybridized carbons (Fsp3) is 0.357. The van der Waals surface area contributed by atoms with E-state index in [9.17, 15) is 13.2 Å². The van der Waals surface area contributed by atoms with Crippen LogP contribution in [-0.2, 0) is 11.6 Å². The first kappa shape index (κ1) is 14.1. The van der Waals surface area contributed by atoms with Gasteiger partial charge in [-0.15, -0.1) is 11.3 Å². The maximum Gasteiger partial charge on any atom is 0.416 e. The second-order valence-corrected chi connectivity index (χ2v) is 6.22. The summed E-state index contributed by atoms with van der Waals surface area (Å²) in [6.45, 7) is 6.09. The van der Waals surface area contributed by atoms with Crippen LogP contribution in [0.25, 0.3) is 11.3 Å². The Hall–Kier alpha value is -1.36. The highest BCUT2D eigenvalue weighted by atomic mass is 32.1. The van der Waals surface area contributed by atoms with Gasteiger partial charge in [-0.1, -0.05) is 32.9 Å². The van der Waals surface area contributed by atoms with Gasteiger partial charge in [0, 0.05) is 16.4 Å². The molecule has 0 bridgehead atoms. The van der Waals surface area contributed by atoms with E-state index < -0.39 is 11.7 Å². The average Bonchev–Trinajstić information content (AvgIpc) is 2.77. The van der Waals surface area contributed by atoms with E-state index in [4.69, 9.17) is 0 Å². The van der Waals surface area contributed by atoms with Crippen molar-refractivity contribution in [3.63, 3.8) is 0 Å². The van der Waals surface area contributed by atoms with E-state index in [0.717, 1.165) is 17.1 Å². The van der Waals surface area contributed by atoms with E-state index >= 15 is 0 Å². The van der Waals surface area contributed by atoms with Crippen LogP contribution in [0, 0.1) is 0 Å². The van der Waals surface area contributed by atoms with Crippen molar-refractivity contribution in [1.82, 2.24) is 4.98 Å². The first-order chi connectivity index (χ1) is 8.68. The van der Waals surface area contributed by atoms with Crippen LogP contribution in [0.5, 0.6) is 0 Å². The maximum absolute atomic E-state index is 12.7. The summed E-state index contributed by atoms with van der Waals surface area (Å²) in [6.07, 6.45) is -4.32. The van der Waals surface area contributed by atoms with Gasteiger partial charge < -0.3 is 0 Å². The Kier molecular flexibility index (Phi) is 3.43. The van der Waals surface area contributed by atoms with Crippen molar-refractivity contribution < 1.29 is 13.2 Å². The van der Waals surface area contributed by atoms with Crippen molar-refractivity contribution in [1.29, 1.82) is 0 Å². The molecular weight excluding hydrogens is 271 g/mol. The van der Waals surface area contributed by atoms with Crippen LogP contribution in [0.1, 0.15) is 31.3 Å². The van der Waals surface area contributed by atoms with E-state index in [-0.39, 0.29) is 5.41 Å². The normalized spacial score (nSPS) is 12.7. The molecule has 0 unspecified atom stereocenters. The number of benzene rings is 1. The van der Waals surface area contributed by atoms with Gasteiger partial charge in [-0.2, -0.15) is 13.2 Å². The Morgan fingerprint density at radius 1 is 1.11 bits per heavy atom. The van der Waals surface area contributed by atoms with E-state index in [1.807, 2.05) is 20.8 Å². The van der Waals surface area contributed by atoms with Gasteiger partial charge in [-0.3, -0.25) is 0 Å². The highest BCUT2D eigenvalue weighted by Gasteiger charge is 2.30. The largest absolute Gasteiger partial charge is 0.416 e. The molecule has 0 fully saturated rings. The molecule has 1 heterocycles. The third-order valence-corrected chi connectivity index (χ3v) is 3.90. The minimum Gasteiger partial charge on any atom is -0.241 e. The van der Waals surface area contributed by atoms with Gasteiger partial charge in [0.25, 0.3) is 0 Å². The molecule has 5 heteroatoms. The molecule has 1 aromatic heterocycles. The predicted molar refractivity (Wildman–Crippen MR) is 71.3 cm³/mol. The summed E-state index contributed by atoms with van der Waals surface area (Å²) < 4.78 is 38.0. The lowest BCUT2D eigenvalue weighted by molar-refractivity contribution is -0.137. The van der Waals surface area contributed by atoms with E-state index in [1.54, 1.807) is 11.4 Å². The first-order valence-electron chi connectivity index (χ1n) is 5.81. The number of hydrogen-bond acceptors (Lipinski definition) is 2. The molecule has 2 rings (SSSR count). The van der Waals surface area contributed by atoms with Crippen LogP contribution < -0.4 is 0 Å². The van der Waals surface area contributed by atoms with Crippen molar-refractivity contribution >= 4 is 11.3 Å². The summed E-state index contributed by atoms with van der Waals surface area (Å²) in [5, 5.41) is 2.72. The quantitative estimate of drug-likeness (QED) is 0.708. The first-order valence-corrected chi connectivity index (χ1v) is 6.69. The highest BCUT2D eigenvalue weighted by Crippen LogP contribution is 2.34. The van der Waals surface area contributed by atoms with Crippen molar-refractivity contribution in [3.8, 4) is 11.3 Å². The molecule has 0 radical (unpaired) electrons. The van der Waals surface area contributed by atoms with Gasteiger partial charge in [-0.25, -0.2) is 4.98 Å². The SMILES string of the molecule is CC(C)(C)c1nc(-c2cccc(C(F)(F)F)c2)cs1. The summed E-state index contributed by atoms with van der Waals surface area (Å²) >= 11 is 1.47. The van der Waals surface area contributed by atoms with Gasteiger partial charge in [0.15, 0.2) is 0 Å². The van der Waals surface area contributed by atoms with Crippen molar-refractivity contribution in [2.45, 2.75) is 32.4 Å². The third kappa shape index (κ3) is 3.15. The molecular formula is C14H14F3NS. The zero-order chi connectivity index (χ0) is 14.3. The second kappa shape index (κ2) is 4.63. The van der Waals surface area contributed by atoms with Gasteiger partial charge in [0.2, 0.25) is 0 Å². The number of thiazole rings is 1. The van der Waals surface area contributed by atoms with Crippen LogP contribution in [0.15, 0.2) is 29.6 Å². The topological polar surface area (TPSA) is 12.9 Å². The van der Waals surface area contributed by atoms with E-state index in [0.29, 0.717) is 11.3 Å². The average molecular weight is 285 g/mol. The van der Waals surface area contributed by atoms with Gasteiger partial charge in [0.05, 0.1) is 16.3 Å². The van der Waals surface area contributed by atoms with Crippen LogP contribution in [0.2, 0.25) is 0 Å². The molecule has 1 nitrogen and oxygen atoms in total. The molecule has 0 saturated heterocycles. The lowest BCUT2D eigenvalue weighted by atomic mass is 9.98. The minimum atomic E-state index is -4.32. The number of aromatic nitrogens is 1. The summed E-state index contributed by atoms with van der Waals surface area (Å²) in [5.74, 6) is 0. The predicted octanol–water partition coefficient (Wildman–Crippen LogP) is 5.13. The van der Waals surface area contributed by atoms with Crippen LogP contribution in [0.3, 0.4) is 0 Å². The van der Waals surface area contributed by atoms with Gasteiger partial charge >= 0.3 is 6.18 Å². The molecule has 0 spiro atoms. The summed E-state index contributed by atoms with van der Waals surface area (Å²) in [4.78, 5) is 4.43. The molecule has 102 valence electrons. The molecule has 2 aromatic rings. The Balaban J connectivity index is 2.40. The number of hydrogen-bond donors (Lipinski definition) is 0. The van der Waals surface area contributed by atoms with Crippen molar-refractivity contribution in [2.24, 2.45) is 0 Å². The molecule has 0 N–H and O–H groups in total. The zero-order valence-corrected chi connectivity index (χ0v) is 11.7. The van der Waals surface area contributed by atoms with Crippen molar-refractivity contribution in [3.05, 3.63) is 40.2 Å². The number of rotatable bonds is 1. The number of nitrogens with zero attached hydrogens (tertiary/aromatic N) is 1. The smallest absolute Gasteiger partial charge is 0.241 e. The van der Waals surface area contributed by atoms with Gasteiger partial charge in [-0.05, 0) is 12.1 Å². The molecule has 0 amide bonds. The fourth-order valence-corrected chi connectivity index (χ4v) is 2.52. The maximum atomic E-state index is 12.7. The van der Waals surface area contributed by atoms with Gasteiger partial charge in [0.1, 0.15) is 0 Å². The zero-order valence-electron chi connectivity index (χ0n) is 10.9. The number of alkyl halides is 3.